The van der Waals surface area contributed by atoms with Gasteiger partial charge in [0.25, 0.3) is 5.91 Å². The van der Waals surface area contributed by atoms with Crippen molar-refractivity contribution in [2.45, 2.75) is 39.5 Å². The number of benzene rings is 1. The number of aliphatic hydroxyl groups excluding tert-OH is 1. The number of methoxy groups -OCH3 is 1. The van der Waals surface area contributed by atoms with Crippen LogP contribution in [0.4, 0.5) is 0 Å². The van der Waals surface area contributed by atoms with Crippen LogP contribution >= 0.6 is 11.6 Å². The maximum Gasteiger partial charge on any atom is 0.260 e. The molecular formula is C14H20ClNO4. The van der Waals surface area contributed by atoms with Crippen LogP contribution in [-0.4, -0.2) is 30.3 Å². The number of aliphatic hydroxyl groups is 1. The molecule has 0 heterocycles. The van der Waals surface area contributed by atoms with Gasteiger partial charge in [0.05, 0.1) is 13.7 Å². The third kappa shape index (κ3) is 4.28. The summed E-state index contributed by atoms with van der Waals surface area (Å²) in [4.78, 5) is 11.9. The van der Waals surface area contributed by atoms with Gasteiger partial charge in [-0.3, -0.25) is 4.79 Å². The zero-order valence-corrected chi connectivity index (χ0v) is 12.8. The number of rotatable bonds is 6. The molecule has 1 aromatic rings. The Kier molecular flexibility index (Phi) is 6.10. The summed E-state index contributed by atoms with van der Waals surface area (Å²) >= 11 is 5.92. The van der Waals surface area contributed by atoms with Crippen LogP contribution in [-0.2, 0) is 11.4 Å². The Bertz CT molecular complexity index is 451. The number of halogens is 1. The molecule has 112 valence electrons. The zero-order valence-electron chi connectivity index (χ0n) is 12.1. The molecule has 1 aromatic carbocycles. The molecule has 0 saturated heterocycles. The number of carbonyl (C=O) groups is 1. The molecule has 2 N–H and O–H groups in total. The van der Waals surface area contributed by atoms with Crippen molar-refractivity contribution < 1.29 is 19.4 Å². The molecule has 0 spiro atoms. The molecule has 0 radical (unpaired) electrons. The van der Waals surface area contributed by atoms with E-state index < -0.39 is 6.10 Å². The second-order valence-electron chi connectivity index (χ2n) is 4.68. The summed E-state index contributed by atoms with van der Waals surface area (Å²) in [5.74, 6) is 0.470. The molecule has 0 aliphatic heterocycles. The number of amides is 1. The van der Waals surface area contributed by atoms with Gasteiger partial charge in [0.1, 0.15) is 0 Å². The highest BCUT2D eigenvalue weighted by atomic mass is 35.5. The van der Waals surface area contributed by atoms with Gasteiger partial charge in [-0.2, -0.15) is 0 Å². The molecule has 0 aliphatic carbocycles. The molecule has 1 rings (SSSR count). The standard InChI is InChI=1S/C14H20ClNO4/c1-8(2)16-14(18)9(3)20-13-10(7-17)5-11(15)6-12(13)19-4/h5-6,8-9,17H,7H2,1-4H3,(H,16,18). The quantitative estimate of drug-likeness (QED) is 0.844. The third-order valence-corrected chi connectivity index (χ3v) is 2.80. The second-order valence-corrected chi connectivity index (χ2v) is 5.11. The lowest BCUT2D eigenvalue weighted by Crippen LogP contribution is -2.40. The topological polar surface area (TPSA) is 67.8 Å². The number of nitrogens with one attached hydrogen (secondary N) is 1. The van der Waals surface area contributed by atoms with Crippen LogP contribution in [0.25, 0.3) is 0 Å². The van der Waals surface area contributed by atoms with Gasteiger partial charge in [-0.25, -0.2) is 0 Å². The molecule has 0 aromatic heterocycles. The van der Waals surface area contributed by atoms with E-state index in [4.69, 9.17) is 21.1 Å². The summed E-state index contributed by atoms with van der Waals surface area (Å²) < 4.78 is 10.8. The first kappa shape index (κ1) is 16.6. The molecular weight excluding hydrogens is 282 g/mol. The Morgan fingerprint density at radius 1 is 1.40 bits per heavy atom. The maximum atomic E-state index is 11.9. The van der Waals surface area contributed by atoms with Gasteiger partial charge in [-0.1, -0.05) is 11.6 Å². The average Bonchev–Trinajstić information content (AvgIpc) is 2.38. The molecule has 1 unspecified atom stereocenters. The fourth-order valence-electron chi connectivity index (χ4n) is 1.66. The molecule has 0 bridgehead atoms. The maximum absolute atomic E-state index is 11.9. The van der Waals surface area contributed by atoms with Crippen molar-refractivity contribution in [2.24, 2.45) is 0 Å². The molecule has 0 fully saturated rings. The van der Waals surface area contributed by atoms with Gasteiger partial charge >= 0.3 is 0 Å². The predicted octanol–water partition coefficient (Wildman–Crippen LogP) is 2.13. The first-order valence-corrected chi connectivity index (χ1v) is 6.71. The van der Waals surface area contributed by atoms with E-state index >= 15 is 0 Å². The van der Waals surface area contributed by atoms with Gasteiger partial charge < -0.3 is 19.9 Å². The number of ether oxygens (including phenoxy) is 2. The summed E-state index contributed by atoms with van der Waals surface area (Å²) in [5, 5.41) is 12.5. The summed E-state index contributed by atoms with van der Waals surface area (Å²) in [6.45, 7) is 5.11. The molecule has 5 nitrogen and oxygen atoms in total. The fraction of sp³-hybridized carbons (Fsp3) is 0.500. The van der Waals surface area contributed by atoms with E-state index in [9.17, 15) is 9.90 Å². The monoisotopic (exact) mass is 301 g/mol. The Labute approximate surface area is 123 Å². The highest BCUT2D eigenvalue weighted by Crippen LogP contribution is 2.35. The van der Waals surface area contributed by atoms with Crippen molar-refractivity contribution in [3.05, 3.63) is 22.7 Å². The minimum Gasteiger partial charge on any atom is -0.493 e. The lowest BCUT2D eigenvalue weighted by atomic mass is 10.2. The van der Waals surface area contributed by atoms with Crippen molar-refractivity contribution in [1.29, 1.82) is 0 Å². The van der Waals surface area contributed by atoms with E-state index in [0.717, 1.165) is 0 Å². The van der Waals surface area contributed by atoms with Crippen molar-refractivity contribution in [1.82, 2.24) is 5.32 Å². The zero-order chi connectivity index (χ0) is 15.3. The molecule has 6 heteroatoms. The molecule has 0 saturated carbocycles. The highest BCUT2D eigenvalue weighted by Gasteiger charge is 2.20. The Morgan fingerprint density at radius 3 is 2.55 bits per heavy atom. The molecule has 1 amide bonds. The summed E-state index contributed by atoms with van der Waals surface area (Å²) in [6, 6.07) is 3.17. The van der Waals surface area contributed by atoms with Crippen LogP contribution in [0.15, 0.2) is 12.1 Å². The van der Waals surface area contributed by atoms with E-state index in [1.165, 1.54) is 7.11 Å². The van der Waals surface area contributed by atoms with Crippen LogP contribution in [0.2, 0.25) is 5.02 Å². The first-order valence-electron chi connectivity index (χ1n) is 6.33. The number of carbonyl (C=O) groups excluding carboxylic acids is 1. The smallest absolute Gasteiger partial charge is 0.260 e. The van der Waals surface area contributed by atoms with E-state index in [1.807, 2.05) is 13.8 Å². The fourth-order valence-corrected chi connectivity index (χ4v) is 1.89. The predicted molar refractivity (Wildman–Crippen MR) is 77.3 cm³/mol. The van der Waals surface area contributed by atoms with E-state index in [0.29, 0.717) is 22.1 Å². The summed E-state index contributed by atoms with van der Waals surface area (Å²) in [5.41, 5.74) is 0.471. The second kappa shape index (κ2) is 7.36. The normalized spacial score (nSPS) is 12.2. The van der Waals surface area contributed by atoms with Gasteiger partial charge in [0.2, 0.25) is 0 Å². The minimum atomic E-state index is -0.710. The Morgan fingerprint density at radius 2 is 2.05 bits per heavy atom. The Hall–Kier alpha value is -1.46. The van der Waals surface area contributed by atoms with Gasteiger partial charge in [-0.05, 0) is 26.8 Å². The van der Waals surface area contributed by atoms with Crippen LogP contribution in [0.5, 0.6) is 11.5 Å². The van der Waals surface area contributed by atoms with Crippen molar-refractivity contribution in [3.63, 3.8) is 0 Å². The lowest BCUT2D eigenvalue weighted by molar-refractivity contribution is -0.127. The minimum absolute atomic E-state index is 0.0259. The largest absolute Gasteiger partial charge is 0.493 e. The van der Waals surface area contributed by atoms with Crippen molar-refractivity contribution in [2.75, 3.05) is 7.11 Å². The molecule has 0 aliphatic rings. The number of hydrogen-bond donors (Lipinski definition) is 2. The van der Waals surface area contributed by atoms with Crippen molar-refractivity contribution in [3.8, 4) is 11.5 Å². The lowest BCUT2D eigenvalue weighted by Gasteiger charge is -2.20. The summed E-state index contributed by atoms with van der Waals surface area (Å²) in [6.07, 6.45) is -0.710. The van der Waals surface area contributed by atoms with E-state index in [1.54, 1.807) is 19.1 Å². The molecule has 20 heavy (non-hydrogen) atoms. The molecule has 1 atom stereocenters. The SMILES string of the molecule is COc1cc(Cl)cc(CO)c1OC(C)C(=O)NC(C)C. The third-order valence-electron chi connectivity index (χ3n) is 2.58. The van der Waals surface area contributed by atoms with Gasteiger partial charge in [0, 0.05) is 22.7 Å². The summed E-state index contributed by atoms with van der Waals surface area (Å²) in [7, 11) is 1.47. The van der Waals surface area contributed by atoms with Crippen LogP contribution in [0.1, 0.15) is 26.3 Å². The van der Waals surface area contributed by atoms with Crippen LogP contribution < -0.4 is 14.8 Å². The Balaban J connectivity index is 2.98. The van der Waals surface area contributed by atoms with Crippen molar-refractivity contribution >= 4 is 17.5 Å². The average molecular weight is 302 g/mol. The van der Waals surface area contributed by atoms with E-state index in [2.05, 4.69) is 5.32 Å². The van der Waals surface area contributed by atoms with Crippen LogP contribution in [0, 0.1) is 0 Å². The highest BCUT2D eigenvalue weighted by molar-refractivity contribution is 6.30. The van der Waals surface area contributed by atoms with Crippen LogP contribution in [0.3, 0.4) is 0 Å². The van der Waals surface area contributed by atoms with Gasteiger partial charge in [0.15, 0.2) is 17.6 Å². The van der Waals surface area contributed by atoms with Gasteiger partial charge in [-0.15, -0.1) is 0 Å². The van der Waals surface area contributed by atoms with E-state index in [-0.39, 0.29) is 18.6 Å². The first-order chi connectivity index (χ1) is 9.38. The number of hydrogen-bond acceptors (Lipinski definition) is 4.